The maximum absolute atomic E-state index is 13.1. The number of H-pyrrole nitrogens is 1. The van der Waals surface area contributed by atoms with Gasteiger partial charge < -0.3 is 14.5 Å². The second-order valence-corrected chi connectivity index (χ2v) is 9.47. The number of rotatable bonds is 3. The SMILES string of the molecule is COC(=O)C1Cc2c([nH]c3ccccc23)C2CC(N3CCOCC3)CC(c3ccccc3)N12. The molecule has 0 saturated carbocycles. The number of carbonyl (C=O) groups excluding carboxylic acids is 1. The van der Waals surface area contributed by atoms with Crippen LogP contribution in [0.2, 0.25) is 0 Å². The molecule has 2 saturated heterocycles. The van der Waals surface area contributed by atoms with Crippen LogP contribution in [-0.4, -0.2) is 66.2 Å². The molecule has 6 heteroatoms. The van der Waals surface area contributed by atoms with Gasteiger partial charge in [0.05, 0.1) is 26.4 Å². The van der Waals surface area contributed by atoms with E-state index in [4.69, 9.17) is 9.47 Å². The molecule has 2 fully saturated rings. The zero-order chi connectivity index (χ0) is 22.4. The summed E-state index contributed by atoms with van der Waals surface area (Å²) in [4.78, 5) is 22.0. The molecular weight excluding hydrogens is 414 g/mol. The number of methoxy groups -OCH3 is 1. The molecule has 0 aliphatic carbocycles. The molecule has 3 aliphatic heterocycles. The summed E-state index contributed by atoms with van der Waals surface area (Å²) >= 11 is 0. The highest BCUT2D eigenvalue weighted by atomic mass is 16.5. The average molecular weight is 446 g/mol. The van der Waals surface area contributed by atoms with Crippen LogP contribution in [0.1, 0.15) is 41.7 Å². The molecule has 172 valence electrons. The van der Waals surface area contributed by atoms with E-state index in [2.05, 4.69) is 69.4 Å². The molecule has 1 N–H and O–H groups in total. The Kier molecular flexibility index (Phi) is 5.45. The topological polar surface area (TPSA) is 57.8 Å². The van der Waals surface area contributed by atoms with Crippen molar-refractivity contribution in [1.29, 1.82) is 0 Å². The second-order valence-electron chi connectivity index (χ2n) is 9.47. The summed E-state index contributed by atoms with van der Waals surface area (Å²) in [6.07, 6.45) is 2.67. The summed E-state index contributed by atoms with van der Waals surface area (Å²) in [5.41, 5.74) is 4.97. The van der Waals surface area contributed by atoms with Gasteiger partial charge in [-0.3, -0.25) is 14.6 Å². The Bertz CT molecular complexity index is 1140. The highest BCUT2D eigenvalue weighted by Gasteiger charge is 2.49. The first-order valence-corrected chi connectivity index (χ1v) is 12.1. The van der Waals surface area contributed by atoms with E-state index in [9.17, 15) is 4.79 Å². The number of nitrogens with one attached hydrogen (secondary N) is 1. The zero-order valence-corrected chi connectivity index (χ0v) is 19.1. The van der Waals surface area contributed by atoms with Crippen LogP contribution in [0, 0.1) is 0 Å². The number of nitrogens with zero attached hydrogens (tertiary/aromatic N) is 2. The number of esters is 1. The van der Waals surface area contributed by atoms with Crippen LogP contribution in [-0.2, 0) is 20.7 Å². The molecule has 4 atom stereocenters. The molecule has 0 radical (unpaired) electrons. The Morgan fingerprint density at radius 1 is 1.00 bits per heavy atom. The first-order valence-electron chi connectivity index (χ1n) is 12.1. The van der Waals surface area contributed by atoms with Crippen molar-refractivity contribution in [2.45, 2.75) is 43.4 Å². The quantitative estimate of drug-likeness (QED) is 0.621. The predicted octanol–water partition coefficient (Wildman–Crippen LogP) is 3.84. The summed E-state index contributed by atoms with van der Waals surface area (Å²) in [7, 11) is 1.51. The standard InChI is InChI=1S/C27H31N3O3/c1-32-27(31)25-17-21-20-9-5-6-10-22(20)28-26(21)24-16-19(29-11-13-33-14-12-29)15-23(30(24)25)18-7-3-2-4-8-18/h2-10,19,23-25,28H,11-17H2,1H3. The Morgan fingerprint density at radius 3 is 2.52 bits per heavy atom. The van der Waals surface area contributed by atoms with Gasteiger partial charge in [0.15, 0.2) is 0 Å². The van der Waals surface area contributed by atoms with Gasteiger partial charge in [-0.05, 0) is 30.0 Å². The van der Waals surface area contributed by atoms with E-state index >= 15 is 0 Å². The molecule has 0 spiro atoms. The number of benzene rings is 2. The molecule has 3 aromatic rings. The number of ether oxygens (including phenoxy) is 2. The Hall–Kier alpha value is -2.67. The third-order valence-electron chi connectivity index (χ3n) is 7.87. The first kappa shape index (κ1) is 20.9. The Balaban J connectivity index is 1.49. The smallest absolute Gasteiger partial charge is 0.323 e. The highest BCUT2D eigenvalue weighted by molar-refractivity contribution is 5.87. The van der Waals surface area contributed by atoms with E-state index in [1.807, 2.05) is 0 Å². The lowest BCUT2D eigenvalue weighted by atomic mass is 9.79. The molecule has 3 aliphatic rings. The number of carbonyl (C=O) groups is 1. The van der Waals surface area contributed by atoms with Crippen molar-refractivity contribution in [2.75, 3.05) is 33.4 Å². The average Bonchev–Trinajstić information content (AvgIpc) is 3.27. The molecule has 0 amide bonds. The molecule has 33 heavy (non-hydrogen) atoms. The van der Waals surface area contributed by atoms with E-state index in [0.29, 0.717) is 12.5 Å². The number of aromatic nitrogens is 1. The van der Waals surface area contributed by atoms with Crippen molar-refractivity contribution in [3.8, 4) is 0 Å². The summed E-state index contributed by atoms with van der Waals surface area (Å²) in [5, 5.41) is 1.23. The monoisotopic (exact) mass is 445 g/mol. The summed E-state index contributed by atoms with van der Waals surface area (Å²) in [6, 6.07) is 19.6. The van der Waals surface area contributed by atoms with E-state index in [1.54, 1.807) is 0 Å². The molecule has 2 aromatic carbocycles. The van der Waals surface area contributed by atoms with Crippen molar-refractivity contribution in [1.82, 2.24) is 14.8 Å². The van der Waals surface area contributed by atoms with Gasteiger partial charge in [-0.1, -0.05) is 48.5 Å². The van der Waals surface area contributed by atoms with Crippen LogP contribution < -0.4 is 0 Å². The normalized spacial score (nSPS) is 28.3. The molecular formula is C27H31N3O3. The summed E-state index contributed by atoms with van der Waals surface area (Å²) < 4.78 is 11.0. The van der Waals surface area contributed by atoms with E-state index in [1.165, 1.54) is 29.3 Å². The van der Waals surface area contributed by atoms with E-state index < -0.39 is 0 Å². The minimum Gasteiger partial charge on any atom is -0.468 e. The van der Waals surface area contributed by atoms with Crippen molar-refractivity contribution in [2.24, 2.45) is 0 Å². The van der Waals surface area contributed by atoms with Gasteiger partial charge in [0.25, 0.3) is 0 Å². The number of hydrogen-bond donors (Lipinski definition) is 1. The minimum absolute atomic E-state index is 0.136. The molecule has 4 unspecified atom stereocenters. The van der Waals surface area contributed by atoms with E-state index in [0.717, 1.165) is 44.7 Å². The second kappa shape index (κ2) is 8.60. The lowest BCUT2D eigenvalue weighted by Gasteiger charge is -2.52. The molecule has 4 heterocycles. The lowest BCUT2D eigenvalue weighted by Crippen LogP contribution is -2.57. The fourth-order valence-electron chi connectivity index (χ4n) is 6.36. The van der Waals surface area contributed by atoms with Gasteiger partial charge >= 0.3 is 5.97 Å². The number of piperidine rings is 1. The van der Waals surface area contributed by atoms with Gasteiger partial charge in [-0.25, -0.2) is 0 Å². The maximum Gasteiger partial charge on any atom is 0.323 e. The maximum atomic E-state index is 13.1. The van der Waals surface area contributed by atoms with Gasteiger partial charge in [-0.15, -0.1) is 0 Å². The van der Waals surface area contributed by atoms with Crippen LogP contribution in [0.25, 0.3) is 10.9 Å². The lowest BCUT2D eigenvalue weighted by molar-refractivity contribution is -0.153. The van der Waals surface area contributed by atoms with Gasteiger partial charge in [0.1, 0.15) is 6.04 Å². The minimum atomic E-state index is -0.289. The third kappa shape index (κ3) is 3.57. The molecule has 0 bridgehead atoms. The molecule has 1 aromatic heterocycles. The van der Waals surface area contributed by atoms with Crippen molar-refractivity contribution in [3.63, 3.8) is 0 Å². The Morgan fingerprint density at radius 2 is 1.73 bits per heavy atom. The third-order valence-corrected chi connectivity index (χ3v) is 7.87. The van der Waals surface area contributed by atoms with Crippen LogP contribution in [0.3, 0.4) is 0 Å². The fraction of sp³-hybridized carbons (Fsp3) is 0.444. The highest BCUT2D eigenvalue weighted by Crippen LogP contribution is 2.49. The number of para-hydroxylation sites is 1. The van der Waals surface area contributed by atoms with Crippen LogP contribution >= 0.6 is 0 Å². The van der Waals surface area contributed by atoms with Crippen molar-refractivity contribution < 1.29 is 14.3 Å². The Labute approximate surface area is 194 Å². The van der Waals surface area contributed by atoms with Crippen LogP contribution in [0.4, 0.5) is 0 Å². The summed E-state index contributed by atoms with van der Waals surface area (Å²) in [5.74, 6) is -0.137. The number of fused-ring (bicyclic) bond motifs is 5. The van der Waals surface area contributed by atoms with Crippen LogP contribution in [0.5, 0.6) is 0 Å². The number of hydrogen-bond acceptors (Lipinski definition) is 5. The van der Waals surface area contributed by atoms with Crippen LogP contribution in [0.15, 0.2) is 54.6 Å². The summed E-state index contributed by atoms with van der Waals surface area (Å²) in [6.45, 7) is 3.53. The predicted molar refractivity (Wildman–Crippen MR) is 127 cm³/mol. The number of morpholine rings is 1. The van der Waals surface area contributed by atoms with E-state index in [-0.39, 0.29) is 24.1 Å². The van der Waals surface area contributed by atoms with Gasteiger partial charge in [-0.2, -0.15) is 0 Å². The largest absolute Gasteiger partial charge is 0.468 e. The fourth-order valence-corrected chi connectivity index (χ4v) is 6.36. The van der Waals surface area contributed by atoms with Gasteiger partial charge in [0.2, 0.25) is 0 Å². The van der Waals surface area contributed by atoms with Crippen molar-refractivity contribution >= 4 is 16.9 Å². The molecule has 6 nitrogen and oxygen atoms in total. The number of aromatic amines is 1. The van der Waals surface area contributed by atoms with Gasteiger partial charge in [0, 0.05) is 48.2 Å². The first-order chi connectivity index (χ1) is 16.2. The molecule has 6 rings (SSSR count). The zero-order valence-electron chi connectivity index (χ0n) is 19.1. The van der Waals surface area contributed by atoms with Crippen molar-refractivity contribution in [3.05, 3.63) is 71.4 Å².